The van der Waals surface area contributed by atoms with Gasteiger partial charge in [-0.3, -0.25) is 4.79 Å². The van der Waals surface area contributed by atoms with Crippen molar-refractivity contribution in [2.45, 2.75) is 59.7 Å². The Kier molecular flexibility index (Phi) is 5.51. The number of amides is 1. The molecule has 7 heteroatoms. The van der Waals surface area contributed by atoms with Gasteiger partial charge < -0.3 is 18.9 Å². The van der Waals surface area contributed by atoms with Crippen LogP contribution in [0.3, 0.4) is 0 Å². The van der Waals surface area contributed by atoms with Crippen LogP contribution in [0.4, 0.5) is 4.79 Å². The molecule has 0 spiro atoms. The Labute approximate surface area is 142 Å². The predicted molar refractivity (Wildman–Crippen MR) is 86.3 cm³/mol. The van der Waals surface area contributed by atoms with Crippen molar-refractivity contribution in [3.8, 4) is 0 Å². The first kappa shape index (κ1) is 18.3. The molecule has 134 valence electrons. The smallest absolute Gasteiger partial charge is 0.410 e. The fourth-order valence-corrected chi connectivity index (χ4v) is 2.63. The quantitative estimate of drug-likeness (QED) is 0.788. The molecule has 2 heterocycles. The molecule has 7 nitrogen and oxygen atoms in total. The summed E-state index contributed by atoms with van der Waals surface area (Å²) >= 11 is 0. The number of aryl methyl sites for hydroxylation is 2. The lowest BCUT2D eigenvalue weighted by Crippen LogP contribution is -2.45. The third kappa shape index (κ3) is 4.72. The van der Waals surface area contributed by atoms with E-state index in [0.29, 0.717) is 25.3 Å². The molecule has 1 aromatic heterocycles. The Morgan fingerprint density at radius 2 is 2.04 bits per heavy atom. The molecule has 1 fully saturated rings. The van der Waals surface area contributed by atoms with Crippen molar-refractivity contribution in [2.24, 2.45) is 5.92 Å². The lowest BCUT2D eigenvalue weighted by atomic mass is 9.98. The Hall–Kier alpha value is -2.05. The van der Waals surface area contributed by atoms with Gasteiger partial charge in [0.15, 0.2) is 0 Å². The molecule has 1 aromatic rings. The van der Waals surface area contributed by atoms with E-state index in [-0.39, 0.29) is 24.6 Å². The minimum Gasteiger partial charge on any atom is -0.460 e. The van der Waals surface area contributed by atoms with Crippen molar-refractivity contribution >= 4 is 12.1 Å². The molecular formula is C17H26N2O5. The summed E-state index contributed by atoms with van der Waals surface area (Å²) in [6.07, 6.45) is 1.08. The molecule has 0 bridgehead atoms. The van der Waals surface area contributed by atoms with Gasteiger partial charge in [-0.05, 0) is 47.5 Å². The maximum absolute atomic E-state index is 12.3. The zero-order valence-corrected chi connectivity index (χ0v) is 15.0. The second-order valence-electron chi connectivity index (χ2n) is 7.18. The van der Waals surface area contributed by atoms with Gasteiger partial charge in [-0.1, -0.05) is 5.16 Å². The topological polar surface area (TPSA) is 81.9 Å². The number of piperidine rings is 1. The van der Waals surface area contributed by atoms with Gasteiger partial charge in [0.1, 0.15) is 18.0 Å². The van der Waals surface area contributed by atoms with Crippen molar-refractivity contribution in [3.05, 3.63) is 17.0 Å². The molecule has 0 N–H and O–H groups in total. The van der Waals surface area contributed by atoms with Crippen molar-refractivity contribution in [1.82, 2.24) is 10.1 Å². The van der Waals surface area contributed by atoms with E-state index in [4.69, 9.17) is 14.0 Å². The minimum absolute atomic E-state index is 0.142. The highest BCUT2D eigenvalue weighted by molar-refractivity contribution is 5.75. The van der Waals surface area contributed by atoms with E-state index in [1.165, 1.54) is 0 Å². The molecule has 1 aliphatic rings. The number of aromatic nitrogens is 1. The summed E-state index contributed by atoms with van der Waals surface area (Å²) in [6, 6.07) is 0. The lowest BCUT2D eigenvalue weighted by molar-refractivity contribution is -0.151. The average molecular weight is 338 g/mol. The van der Waals surface area contributed by atoms with E-state index < -0.39 is 5.60 Å². The average Bonchev–Trinajstić information content (AvgIpc) is 2.82. The van der Waals surface area contributed by atoms with Crippen LogP contribution in [0.15, 0.2) is 4.52 Å². The van der Waals surface area contributed by atoms with Crippen molar-refractivity contribution in [1.29, 1.82) is 0 Å². The van der Waals surface area contributed by atoms with Gasteiger partial charge in [-0.25, -0.2) is 4.79 Å². The van der Waals surface area contributed by atoms with Crippen LogP contribution in [-0.2, 0) is 20.9 Å². The Balaban J connectivity index is 1.89. The van der Waals surface area contributed by atoms with E-state index in [9.17, 15) is 9.59 Å². The third-order valence-corrected chi connectivity index (χ3v) is 3.95. The summed E-state index contributed by atoms with van der Waals surface area (Å²) in [5.74, 6) is 0.0225. The molecular weight excluding hydrogens is 312 g/mol. The number of ether oxygens (including phenoxy) is 2. The summed E-state index contributed by atoms with van der Waals surface area (Å²) in [4.78, 5) is 26.0. The van der Waals surface area contributed by atoms with Gasteiger partial charge >= 0.3 is 12.1 Å². The first-order chi connectivity index (χ1) is 11.2. The number of carbonyl (C=O) groups excluding carboxylic acids is 2. The van der Waals surface area contributed by atoms with Crippen molar-refractivity contribution < 1.29 is 23.6 Å². The van der Waals surface area contributed by atoms with Gasteiger partial charge in [0, 0.05) is 13.1 Å². The summed E-state index contributed by atoms with van der Waals surface area (Å²) in [5, 5.41) is 3.84. The number of likely N-dealkylation sites (tertiary alicyclic amines) is 1. The standard InChI is InChI=1S/C17H26N2O5/c1-11-14(12(2)24-18-11)10-22-15(20)13-7-6-8-19(9-13)16(21)23-17(3,4)5/h13H,6-10H2,1-5H3. The number of hydrogen-bond acceptors (Lipinski definition) is 6. The summed E-state index contributed by atoms with van der Waals surface area (Å²) in [7, 11) is 0. The fourth-order valence-electron chi connectivity index (χ4n) is 2.63. The lowest BCUT2D eigenvalue weighted by Gasteiger charge is -2.33. The molecule has 1 atom stereocenters. The second-order valence-corrected chi connectivity index (χ2v) is 7.18. The highest BCUT2D eigenvalue weighted by atomic mass is 16.6. The van der Waals surface area contributed by atoms with Gasteiger partial charge in [0.05, 0.1) is 17.2 Å². The monoisotopic (exact) mass is 338 g/mol. The van der Waals surface area contributed by atoms with Crippen LogP contribution < -0.4 is 0 Å². The summed E-state index contributed by atoms with van der Waals surface area (Å²) in [5.41, 5.74) is 0.968. The highest BCUT2D eigenvalue weighted by Gasteiger charge is 2.32. The fraction of sp³-hybridized carbons (Fsp3) is 0.706. The molecule has 1 aliphatic heterocycles. The van der Waals surface area contributed by atoms with E-state index in [1.807, 2.05) is 27.7 Å². The predicted octanol–water partition coefficient (Wildman–Crippen LogP) is 2.98. The van der Waals surface area contributed by atoms with Crippen molar-refractivity contribution in [2.75, 3.05) is 13.1 Å². The van der Waals surface area contributed by atoms with E-state index in [0.717, 1.165) is 17.7 Å². The van der Waals surface area contributed by atoms with Crippen LogP contribution in [0, 0.1) is 19.8 Å². The molecule has 24 heavy (non-hydrogen) atoms. The molecule has 1 unspecified atom stereocenters. The molecule has 2 rings (SSSR count). The van der Waals surface area contributed by atoms with Gasteiger partial charge in [0.2, 0.25) is 0 Å². The van der Waals surface area contributed by atoms with E-state index >= 15 is 0 Å². The third-order valence-electron chi connectivity index (χ3n) is 3.95. The summed E-state index contributed by atoms with van der Waals surface area (Å²) < 4.78 is 15.8. The van der Waals surface area contributed by atoms with Crippen LogP contribution in [0.25, 0.3) is 0 Å². The molecule has 1 amide bonds. The normalized spacial score (nSPS) is 18.4. The number of carbonyl (C=O) groups is 2. The number of rotatable bonds is 3. The maximum Gasteiger partial charge on any atom is 0.410 e. The van der Waals surface area contributed by atoms with Crippen LogP contribution in [-0.4, -0.2) is 40.8 Å². The van der Waals surface area contributed by atoms with Crippen LogP contribution >= 0.6 is 0 Å². The Morgan fingerprint density at radius 3 is 2.62 bits per heavy atom. The second kappa shape index (κ2) is 7.23. The van der Waals surface area contributed by atoms with Crippen LogP contribution in [0.1, 0.15) is 50.6 Å². The molecule has 0 aromatic carbocycles. The zero-order chi connectivity index (χ0) is 17.9. The Morgan fingerprint density at radius 1 is 1.33 bits per heavy atom. The van der Waals surface area contributed by atoms with E-state index in [1.54, 1.807) is 11.8 Å². The van der Waals surface area contributed by atoms with Gasteiger partial charge in [0.25, 0.3) is 0 Å². The zero-order valence-electron chi connectivity index (χ0n) is 15.0. The van der Waals surface area contributed by atoms with Crippen molar-refractivity contribution in [3.63, 3.8) is 0 Å². The molecule has 0 aliphatic carbocycles. The molecule has 1 saturated heterocycles. The van der Waals surface area contributed by atoms with Gasteiger partial charge in [-0.15, -0.1) is 0 Å². The van der Waals surface area contributed by atoms with E-state index in [2.05, 4.69) is 5.16 Å². The summed E-state index contributed by atoms with van der Waals surface area (Å²) in [6.45, 7) is 10.1. The van der Waals surface area contributed by atoms with Gasteiger partial charge in [-0.2, -0.15) is 0 Å². The van der Waals surface area contributed by atoms with Crippen LogP contribution in [0.5, 0.6) is 0 Å². The number of hydrogen-bond donors (Lipinski definition) is 0. The first-order valence-electron chi connectivity index (χ1n) is 8.23. The largest absolute Gasteiger partial charge is 0.460 e. The maximum atomic E-state index is 12.3. The SMILES string of the molecule is Cc1noc(C)c1COC(=O)C1CCCN(C(=O)OC(C)(C)C)C1. The first-order valence-corrected chi connectivity index (χ1v) is 8.23. The Bertz CT molecular complexity index is 583. The minimum atomic E-state index is -0.548. The molecule has 0 radical (unpaired) electrons. The highest BCUT2D eigenvalue weighted by Crippen LogP contribution is 2.21. The van der Waals surface area contributed by atoms with Crippen LogP contribution in [0.2, 0.25) is 0 Å². The molecule has 0 saturated carbocycles. The number of esters is 1. The number of nitrogens with zero attached hydrogens (tertiary/aromatic N) is 2.